The lowest BCUT2D eigenvalue weighted by molar-refractivity contribution is 0.0535. The lowest BCUT2D eigenvalue weighted by Crippen LogP contribution is -2.50. The van der Waals surface area contributed by atoms with E-state index in [1.54, 1.807) is 47.1 Å². The van der Waals surface area contributed by atoms with E-state index in [-0.39, 0.29) is 18.4 Å². The minimum absolute atomic E-state index is 0.0509. The van der Waals surface area contributed by atoms with Crippen LogP contribution in [0.1, 0.15) is 27.6 Å². The predicted molar refractivity (Wildman–Crippen MR) is 110 cm³/mol. The summed E-state index contributed by atoms with van der Waals surface area (Å²) in [4.78, 5) is 40.2. The second-order valence-electron chi connectivity index (χ2n) is 6.37. The van der Waals surface area contributed by atoms with E-state index in [1.165, 1.54) is 0 Å². The van der Waals surface area contributed by atoms with Crippen LogP contribution in [0.2, 0.25) is 0 Å². The Morgan fingerprint density at radius 3 is 2.07 bits per heavy atom. The molecule has 1 heterocycles. The van der Waals surface area contributed by atoms with Crippen LogP contribution in [0.5, 0.6) is 5.75 Å². The molecule has 2 aromatic rings. The van der Waals surface area contributed by atoms with Gasteiger partial charge in [0.15, 0.2) is 0 Å². The largest absolute Gasteiger partial charge is 0.513 e. The normalized spacial score (nSPS) is 13.7. The van der Waals surface area contributed by atoms with E-state index in [9.17, 15) is 14.4 Å². The molecule has 0 N–H and O–H groups in total. The average Bonchev–Trinajstić information content (AvgIpc) is 2.74. The number of carbonyl (C=O) groups excluding carboxylic acids is 3. The smallest absolute Gasteiger partial charge is 0.434 e. The number of ether oxygens (including phenoxy) is 2. The second-order valence-corrected chi connectivity index (χ2v) is 7.23. The number of carbonyl (C=O) groups is 3. The van der Waals surface area contributed by atoms with Gasteiger partial charge in [-0.3, -0.25) is 9.59 Å². The molecule has 0 atom stereocenters. The SMILES string of the molecule is CCOC(=O)Oc1ccc(C(=O)N2CCN(C(=O)c3ccccc3Br)CC2)cc1. The summed E-state index contributed by atoms with van der Waals surface area (Å²) in [6.45, 7) is 3.76. The van der Waals surface area contributed by atoms with Gasteiger partial charge in [0.1, 0.15) is 5.75 Å². The average molecular weight is 461 g/mol. The molecule has 0 aromatic heterocycles. The Bertz CT molecular complexity index is 892. The molecule has 0 radical (unpaired) electrons. The van der Waals surface area contributed by atoms with Gasteiger partial charge in [0, 0.05) is 36.2 Å². The molecular formula is C21H21BrN2O5. The number of hydrogen-bond acceptors (Lipinski definition) is 5. The third kappa shape index (κ3) is 5.14. The molecule has 1 aliphatic rings. The minimum atomic E-state index is -0.780. The molecule has 2 amide bonds. The Morgan fingerprint density at radius 1 is 0.897 bits per heavy atom. The highest BCUT2D eigenvalue weighted by molar-refractivity contribution is 9.10. The highest BCUT2D eigenvalue weighted by Crippen LogP contribution is 2.20. The molecule has 0 unspecified atom stereocenters. The number of rotatable bonds is 4. The fourth-order valence-electron chi connectivity index (χ4n) is 3.01. The van der Waals surface area contributed by atoms with Crippen LogP contribution >= 0.6 is 15.9 Å². The number of benzene rings is 2. The Hall–Kier alpha value is -2.87. The van der Waals surface area contributed by atoms with Gasteiger partial charge in [-0.2, -0.15) is 0 Å². The maximum Gasteiger partial charge on any atom is 0.513 e. The predicted octanol–water partition coefficient (Wildman–Crippen LogP) is 3.58. The molecule has 0 bridgehead atoms. The van der Waals surface area contributed by atoms with Crippen molar-refractivity contribution in [3.05, 3.63) is 64.1 Å². The minimum Gasteiger partial charge on any atom is -0.434 e. The molecule has 8 heteroatoms. The Morgan fingerprint density at radius 2 is 1.48 bits per heavy atom. The van der Waals surface area contributed by atoms with E-state index in [4.69, 9.17) is 9.47 Å². The van der Waals surface area contributed by atoms with Crippen LogP contribution in [0.3, 0.4) is 0 Å². The summed E-state index contributed by atoms with van der Waals surface area (Å²) in [6.07, 6.45) is -0.780. The maximum absolute atomic E-state index is 12.7. The standard InChI is InChI=1S/C21H21BrN2O5/c1-2-28-21(27)29-16-9-7-15(8-10-16)19(25)23-11-13-24(14-12-23)20(26)17-5-3-4-6-18(17)22/h3-10H,2,11-14H2,1H3. The van der Waals surface area contributed by atoms with E-state index in [0.29, 0.717) is 43.1 Å². The zero-order valence-corrected chi connectivity index (χ0v) is 17.6. The van der Waals surface area contributed by atoms with Gasteiger partial charge in [-0.25, -0.2) is 4.79 Å². The van der Waals surface area contributed by atoms with Crippen LogP contribution in [0.4, 0.5) is 4.79 Å². The number of hydrogen-bond donors (Lipinski definition) is 0. The molecule has 29 heavy (non-hydrogen) atoms. The molecule has 7 nitrogen and oxygen atoms in total. The van der Waals surface area contributed by atoms with Crippen molar-refractivity contribution in [2.24, 2.45) is 0 Å². The lowest BCUT2D eigenvalue weighted by Gasteiger charge is -2.35. The number of piperazine rings is 1. The van der Waals surface area contributed by atoms with Crippen molar-refractivity contribution in [1.29, 1.82) is 0 Å². The number of nitrogens with zero attached hydrogens (tertiary/aromatic N) is 2. The van der Waals surface area contributed by atoms with Crippen LogP contribution in [-0.2, 0) is 4.74 Å². The molecule has 3 rings (SSSR count). The van der Waals surface area contributed by atoms with Crippen LogP contribution in [0.15, 0.2) is 53.0 Å². The molecule has 0 saturated carbocycles. The van der Waals surface area contributed by atoms with Crippen molar-refractivity contribution in [2.45, 2.75) is 6.92 Å². The molecule has 0 aliphatic carbocycles. The Labute approximate surface area is 177 Å². The van der Waals surface area contributed by atoms with Gasteiger partial charge in [0.25, 0.3) is 11.8 Å². The first-order valence-electron chi connectivity index (χ1n) is 9.27. The third-order valence-corrected chi connectivity index (χ3v) is 5.21. The van der Waals surface area contributed by atoms with Crippen molar-refractivity contribution in [3.63, 3.8) is 0 Å². The van der Waals surface area contributed by atoms with E-state index in [1.807, 2.05) is 18.2 Å². The second kappa shape index (κ2) is 9.56. The first-order valence-corrected chi connectivity index (χ1v) is 10.1. The van der Waals surface area contributed by atoms with Gasteiger partial charge < -0.3 is 19.3 Å². The summed E-state index contributed by atoms with van der Waals surface area (Å²) in [7, 11) is 0. The monoisotopic (exact) mass is 460 g/mol. The topological polar surface area (TPSA) is 76.2 Å². The van der Waals surface area contributed by atoms with Crippen LogP contribution < -0.4 is 4.74 Å². The molecule has 1 aliphatic heterocycles. The fraction of sp³-hybridized carbons (Fsp3) is 0.286. The zero-order chi connectivity index (χ0) is 20.8. The van der Waals surface area contributed by atoms with E-state index < -0.39 is 6.16 Å². The summed E-state index contributed by atoms with van der Waals surface area (Å²) in [5.74, 6) is 0.134. The van der Waals surface area contributed by atoms with Crippen LogP contribution in [0, 0.1) is 0 Å². The first kappa shape index (κ1) is 20.9. The van der Waals surface area contributed by atoms with Crippen molar-refractivity contribution >= 4 is 33.9 Å². The zero-order valence-electron chi connectivity index (χ0n) is 16.0. The maximum atomic E-state index is 12.7. The lowest BCUT2D eigenvalue weighted by atomic mass is 10.1. The summed E-state index contributed by atoms with van der Waals surface area (Å²) < 4.78 is 10.5. The third-order valence-electron chi connectivity index (χ3n) is 4.52. The molecule has 0 spiro atoms. The van der Waals surface area contributed by atoms with Gasteiger partial charge in [0.2, 0.25) is 0 Å². The van der Waals surface area contributed by atoms with Crippen molar-refractivity contribution < 1.29 is 23.9 Å². The van der Waals surface area contributed by atoms with Crippen LogP contribution in [-0.4, -0.2) is 60.6 Å². The van der Waals surface area contributed by atoms with Gasteiger partial charge in [-0.1, -0.05) is 12.1 Å². The van der Waals surface area contributed by atoms with Gasteiger partial charge >= 0.3 is 6.16 Å². The molecule has 2 aromatic carbocycles. The summed E-state index contributed by atoms with van der Waals surface area (Å²) in [5.41, 5.74) is 1.11. The highest BCUT2D eigenvalue weighted by atomic mass is 79.9. The summed E-state index contributed by atoms with van der Waals surface area (Å²) in [6, 6.07) is 13.6. The van der Waals surface area contributed by atoms with Crippen molar-refractivity contribution in [1.82, 2.24) is 9.80 Å². The Kier molecular flexibility index (Phi) is 6.87. The van der Waals surface area contributed by atoms with Crippen molar-refractivity contribution in [3.8, 4) is 5.75 Å². The fourth-order valence-corrected chi connectivity index (χ4v) is 3.46. The van der Waals surface area contributed by atoms with E-state index in [2.05, 4.69) is 15.9 Å². The highest BCUT2D eigenvalue weighted by Gasteiger charge is 2.26. The van der Waals surface area contributed by atoms with Gasteiger partial charge in [-0.15, -0.1) is 0 Å². The number of halogens is 1. The van der Waals surface area contributed by atoms with Crippen molar-refractivity contribution in [2.75, 3.05) is 32.8 Å². The van der Waals surface area contributed by atoms with Gasteiger partial charge in [0.05, 0.1) is 12.2 Å². The van der Waals surface area contributed by atoms with Gasteiger partial charge in [-0.05, 0) is 59.3 Å². The van der Waals surface area contributed by atoms with E-state index >= 15 is 0 Å². The first-order chi connectivity index (χ1) is 14.0. The molecule has 152 valence electrons. The summed E-state index contributed by atoms with van der Waals surface area (Å²) in [5, 5.41) is 0. The Balaban J connectivity index is 1.56. The molecular weight excluding hydrogens is 440 g/mol. The van der Waals surface area contributed by atoms with Crippen LogP contribution in [0.25, 0.3) is 0 Å². The molecule has 1 saturated heterocycles. The quantitative estimate of drug-likeness (QED) is 0.514. The number of amides is 2. The summed E-state index contributed by atoms with van der Waals surface area (Å²) >= 11 is 3.41. The van der Waals surface area contributed by atoms with E-state index in [0.717, 1.165) is 4.47 Å². The molecule has 1 fully saturated rings.